The Kier molecular flexibility index (Phi) is 5.56. The number of hydrogen-bond donors (Lipinski definition) is 1. The number of nitro benzene ring substituents is 1. The fourth-order valence-corrected chi connectivity index (χ4v) is 3.05. The normalized spacial score (nSPS) is 25.5. The monoisotopic (exact) mass is 292 g/mol. The van der Waals surface area contributed by atoms with E-state index < -0.39 is 4.92 Å². The van der Waals surface area contributed by atoms with E-state index >= 15 is 0 Å². The summed E-state index contributed by atoms with van der Waals surface area (Å²) in [5.74, 6) is 2.23. The quantitative estimate of drug-likeness (QED) is 0.496. The summed E-state index contributed by atoms with van der Waals surface area (Å²) >= 11 is 0. The number of ether oxygens (including phenoxy) is 1. The summed E-state index contributed by atoms with van der Waals surface area (Å²) < 4.78 is 5.60. The van der Waals surface area contributed by atoms with E-state index in [1.807, 2.05) is 0 Å². The molecule has 0 bridgehead atoms. The first-order valence-electron chi connectivity index (χ1n) is 7.67. The Balaban J connectivity index is 1.68. The number of nitrogens with one attached hydrogen (secondary N) is 1. The molecular weight excluding hydrogens is 268 g/mol. The average Bonchev–Trinajstić information content (AvgIpc) is 2.46. The zero-order valence-corrected chi connectivity index (χ0v) is 12.7. The predicted octanol–water partition coefficient (Wildman–Crippen LogP) is 3.39. The lowest BCUT2D eigenvalue weighted by Crippen LogP contribution is -2.40. The zero-order valence-electron chi connectivity index (χ0n) is 12.7. The predicted molar refractivity (Wildman–Crippen MR) is 82.6 cm³/mol. The van der Waals surface area contributed by atoms with Crippen molar-refractivity contribution in [3.8, 4) is 5.75 Å². The van der Waals surface area contributed by atoms with Crippen molar-refractivity contribution < 1.29 is 9.66 Å². The van der Waals surface area contributed by atoms with Gasteiger partial charge in [-0.1, -0.05) is 13.8 Å². The van der Waals surface area contributed by atoms with E-state index in [-0.39, 0.29) is 5.69 Å². The Morgan fingerprint density at radius 1 is 1.29 bits per heavy atom. The number of rotatable bonds is 6. The minimum atomic E-state index is -0.406. The van der Waals surface area contributed by atoms with Crippen LogP contribution >= 0.6 is 0 Å². The molecule has 1 saturated carbocycles. The Hall–Kier alpha value is -1.62. The maximum absolute atomic E-state index is 10.6. The van der Waals surface area contributed by atoms with Gasteiger partial charge in [-0.3, -0.25) is 10.1 Å². The molecule has 0 spiro atoms. The van der Waals surface area contributed by atoms with Crippen molar-refractivity contribution in [1.82, 2.24) is 5.32 Å². The summed E-state index contributed by atoms with van der Waals surface area (Å²) in [5.41, 5.74) is 0.0885. The molecule has 5 nitrogen and oxygen atoms in total. The smallest absolute Gasteiger partial charge is 0.269 e. The van der Waals surface area contributed by atoms with Crippen LogP contribution in [0.5, 0.6) is 5.75 Å². The fourth-order valence-electron chi connectivity index (χ4n) is 3.05. The van der Waals surface area contributed by atoms with Gasteiger partial charge in [-0.15, -0.1) is 0 Å². The number of nitro groups is 1. The largest absolute Gasteiger partial charge is 0.492 e. The maximum Gasteiger partial charge on any atom is 0.269 e. The van der Waals surface area contributed by atoms with Crippen LogP contribution in [0.25, 0.3) is 0 Å². The Morgan fingerprint density at radius 2 is 2.00 bits per heavy atom. The molecule has 1 aliphatic carbocycles. The number of hydrogen-bond acceptors (Lipinski definition) is 4. The van der Waals surface area contributed by atoms with Crippen LogP contribution in [0.3, 0.4) is 0 Å². The molecule has 21 heavy (non-hydrogen) atoms. The molecule has 0 saturated heterocycles. The molecular formula is C16H24N2O3. The van der Waals surface area contributed by atoms with Gasteiger partial charge in [0.05, 0.1) is 4.92 Å². The van der Waals surface area contributed by atoms with Crippen molar-refractivity contribution in [1.29, 1.82) is 0 Å². The number of non-ortho nitro benzene ring substituents is 1. The lowest BCUT2D eigenvalue weighted by molar-refractivity contribution is -0.384. The van der Waals surface area contributed by atoms with E-state index in [1.54, 1.807) is 12.1 Å². The lowest BCUT2D eigenvalue weighted by Gasteiger charge is -2.33. The third-order valence-corrected chi connectivity index (χ3v) is 4.26. The van der Waals surface area contributed by atoms with E-state index in [4.69, 9.17) is 4.74 Å². The van der Waals surface area contributed by atoms with Gasteiger partial charge in [-0.2, -0.15) is 0 Å². The maximum atomic E-state index is 10.6. The zero-order chi connectivity index (χ0) is 15.2. The van der Waals surface area contributed by atoms with Crippen LogP contribution in [-0.4, -0.2) is 24.1 Å². The summed E-state index contributed by atoms with van der Waals surface area (Å²) in [6, 6.07) is 6.80. The standard InChI is InChI=1S/C16H24N2O3/c1-12-3-8-16(13(2)11-12)17-9-10-21-15-6-4-14(5-7-15)18(19)20/h4-7,12-13,16-17H,3,8-11H2,1-2H3. The lowest BCUT2D eigenvalue weighted by atomic mass is 9.80. The molecule has 3 atom stereocenters. The van der Waals surface area contributed by atoms with E-state index in [0.29, 0.717) is 24.3 Å². The van der Waals surface area contributed by atoms with Gasteiger partial charge >= 0.3 is 0 Å². The summed E-state index contributed by atoms with van der Waals surface area (Å²) in [7, 11) is 0. The molecule has 5 heteroatoms. The van der Waals surface area contributed by atoms with Gasteiger partial charge in [0.15, 0.2) is 0 Å². The second kappa shape index (κ2) is 7.41. The van der Waals surface area contributed by atoms with Gasteiger partial charge in [0.25, 0.3) is 5.69 Å². The minimum absolute atomic E-state index is 0.0885. The van der Waals surface area contributed by atoms with Crippen LogP contribution in [0.15, 0.2) is 24.3 Å². The first kappa shape index (κ1) is 15.8. The molecule has 0 aliphatic heterocycles. The van der Waals surface area contributed by atoms with Crippen LogP contribution in [0.2, 0.25) is 0 Å². The highest BCUT2D eigenvalue weighted by molar-refractivity contribution is 5.35. The Bertz CT molecular complexity index is 461. The summed E-state index contributed by atoms with van der Waals surface area (Å²) in [4.78, 5) is 10.2. The summed E-state index contributed by atoms with van der Waals surface area (Å²) in [6.45, 7) is 6.02. The molecule has 0 heterocycles. The Labute approximate surface area is 125 Å². The van der Waals surface area contributed by atoms with Gasteiger partial charge in [0, 0.05) is 24.7 Å². The molecule has 0 amide bonds. The second-order valence-electron chi connectivity index (χ2n) is 6.06. The molecule has 1 aliphatic rings. The molecule has 3 unspecified atom stereocenters. The van der Waals surface area contributed by atoms with Crippen LogP contribution in [-0.2, 0) is 0 Å². The van der Waals surface area contributed by atoms with Gasteiger partial charge in [0.1, 0.15) is 12.4 Å². The van der Waals surface area contributed by atoms with Crippen LogP contribution in [0, 0.1) is 22.0 Å². The van der Waals surface area contributed by atoms with Crippen LogP contribution < -0.4 is 10.1 Å². The molecule has 1 N–H and O–H groups in total. The minimum Gasteiger partial charge on any atom is -0.492 e. The first-order chi connectivity index (χ1) is 10.1. The van der Waals surface area contributed by atoms with E-state index in [1.165, 1.54) is 31.4 Å². The third kappa shape index (κ3) is 4.70. The molecule has 1 aromatic carbocycles. The molecule has 1 aromatic rings. The average molecular weight is 292 g/mol. The van der Waals surface area contributed by atoms with Gasteiger partial charge in [0.2, 0.25) is 0 Å². The highest BCUT2D eigenvalue weighted by atomic mass is 16.6. The van der Waals surface area contributed by atoms with Crippen molar-refractivity contribution in [3.05, 3.63) is 34.4 Å². The van der Waals surface area contributed by atoms with Crippen molar-refractivity contribution in [3.63, 3.8) is 0 Å². The van der Waals surface area contributed by atoms with Gasteiger partial charge in [-0.05, 0) is 43.2 Å². The fraction of sp³-hybridized carbons (Fsp3) is 0.625. The topological polar surface area (TPSA) is 64.4 Å². The highest BCUT2D eigenvalue weighted by Crippen LogP contribution is 2.28. The second-order valence-corrected chi connectivity index (χ2v) is 6.06. The molecule has 0 radical (unpaired) electrons. The van der Waals surface area contributed by atoms with Gasteiger partial charge < -0.3 is 10.1 Å². The summed E-state index contributed by atoms with van der Waals surface area (Å²) in [6.07, 6.45) is 3.83. The Morgan fingerprint density at radius 3 is 2.62 bits per heavy atom. The van der Waals surface area contributed by atoms with Crippen LogP contribution in [0.4, 0.5) is 5.69 Å². The van der Waals surface area contributed by atoms with E-state index in [0.717, 1.165) is 12.5 Å². The highest BCUT2D eigenvalue weighted by Gasteiger charge is 2.24. The summed E-state index contributed by atoms with van der Waals surface area (Å²) in [5, 5.41) is 14.1. The number of nitrogens with zero attached hydrogens (tertiary/aromatic N) is 1. The van der Waals surface area contributed by atoms with Gasteiger partial charge in [-0.25, -0.2) is 0 Å². The molecule has 0 aromatic heterocycles. The molecule has 1 fully saturated rings. The van der Waals surface area contributed by atoms with E-state index in [9.17, 15) is 10.1 Å². The van der Waals surface area contributed by atoms with Crippen molar-refractivity contribution in [2.45, 2.75) is 39.2 Å². The molecule has 116 valence electrons. The van der Waals surface area contributed by atoms with Crippen molar-refractivity contribution >= 4 is 5.69 Å². The molecule has 2 rings (SSSR count). The SMILES string of the molecule is CC1CCC(NCCOc2ccc([N+](=O)[O-])cc2)C(C)C1. The number of benzene rings is 1. The van der Waals surface area contributed by atoms with Crippen molar-refractivity contribution in [2.24, 2.45) is 11.8 Å². The van der Waals surface area contributed by atoms with E-state index in [2.05, 4.69) is 19.2 Å². The van der Waals surface area contributed by atoms with Crippen LogP contribution in [0.1, 0.15) is 33.1 Å². The van der Waals surface area contributed by atoms with Crippen molar-refractivity contribution in [2.75, 3.05) is 13.2 Å². The first-order valence-corrected chi connectivity index (χ1v) is 7.67. The third-order valence-electron chi connectivity index (χ3n) is 4.26.